The van der Waals surface area contributed by atoms with Gasteiger partial charge >= 0.3 is 0 Å². The monoisotopic (exact) mass is 517 g/mol. The van der Waals surface area contributed by atoms with Gasteiger partial charge in [-0.25, -0.2) is 0 Å². The number of carbonyl (C=O) groups is 1. The average molecular weight is 518 g/mol. The van der Waals surface area contributed by atoms with E-state index in [4.69, 9.17) is 14.2 Å². The molecular weight excluding hydrogens is 466 g/mol. The van der Waals surface area contributed by atoms with E-state index in [9.17, 15) is 9.90 Å². The molecule has 4 atom stereocenters. The summed E-state index contributed by atoms with van der Waals surface area (Å²) in [7, 11) is 0. The summed E-state index contributed by atoms with van der Waals surface area (Å²) < 4.78 is 18.8. The van der Waals surface area contributed by atoms with Gasteiger partial charge in [0, 0.05) is 6.42 Å². The van der Waals surface area contributed by atoms with Crippen LogP contribution in [0.15, 0.2) is 18.2 Å². The third-order valence-corrected chi connectivity index (χ3v) is 9.66. The second-order valence-corrected chi connectivity index (χ2v) is 12.7. The normalized spacial score (nSPS) is 27.9. The maximum Gasteiger partial charge on any atom is 0.250 e. The summed E-state index contributed by atoms with van der Waals surface area (Å²) in [6, 6.07) is 5.10. The molecule has 1 spiro atoms. The largest absolute Gasteiger partial charge is 0.506 e. The smallest absolute Gasteiger partial charge is 0.250 e. The molecule has 1 aromatic rings. The van der Waals surface area contributed by atoms with Crippen molar-refractivity contribution in [2.75, 3.05) is 18.7 Å². The molecule has 37 heavy (non-hydrogen) atoms. The molecule has 6 heteroatoms. The Bertz CT molecular complexity index is 928. The fraction of sp³-hybridized carbons (Fsp3) is 0.774. The number of ether oxygens (including phenoxy) is 3. The van der Waals surface area contributed by atoms with E-state index in [1.807, 2.05) is 6.92 Å². The molecule has 0 radical (unpaired) electrons. The van der Waals surface area contributed by atoms with Crippen molar-refractivity contribution in [3.05, 3.63) is 23.8 Å². The molecule has 1 heterocycles. The van der Waals surface area contributed by atoms with Crippen molar-refractivity contribution in [2.24, 2.45) is 22.7 Å². The lowest BCUT2D eigenvalue weighted by molar-refractivity contribution is -0.153. The lowest BCUT2D eigenvalue weighted by Crippen LogP contribution is -2.48. The van der Waals surface area contributed by atoms with Crippen LogP contribution in [0.4, 0.5) is 5.69 Å². The van der Waals surface area contributed by atoms with Crippen molar-refractivity contribution in [1.82, 2.24) is 0 Å². The van der Waals surface area contributed by atoms with Gasteiger partial charge in [0.05, 0.1) is 5.69 Å². The van der Waals surface area contributed by atoms with Crippen LogP contribution in [-0.2, 0) is 19.0 Å². The number of epoxide rings is 1. The lowest BCUT2D eigenvalue weighted by Gasteiger charge is -2.48. The molecule has 210 valence electrons. The Morgan fingerprint density at radius 2 is 1.86 bits per heavy atom. The van der Waals surface area contributed by atoms with Crippen molar-refractivity contribution in [1.29, 1.82) is 0 Å². The molecule has 1 aliphatic heterocycles. The standard InChI is InChI=1S/C31H51NO5/c1-9-12-16-31(36-21-35-20-27(34)32-24-18-22(4)13-14-25(24)33)30(37-31)17-15-23(28(5,6)10-2)19-26(30)29(7,8)11-3/h13-14,18,23,26,33H,9-12,15-17,19-21H2,1-8H3,(H,32,34). The van der Waals surface area contributed by atoms with Crippen molar-refractivity contribution in [3.8, 4) is 5.75 Å². The van der Waals surface area contributed by atoms with E-state index in [1.165, 1.54) is 6.42 Å². The molecule has 2 aliphatic rings. The Labute approximate surface area is 224 Å². The van der Waals surface area contributed by atoms with Gasteiger partial charge in [-0.2, -0.15) is 0 Å². The van der Waals surface area contributed by atoms with Crippen molar-refractivity contribution in [2.45, 2.75) is 118 Å². The number of nitrogens with one attached hydrogen (secondary N) is 1. The minimum absolute atomic E-state index is 0.00182. The molecule has 1 aliphatic carbocycles. The van der Waals surface area contributed by atoms with E-state index in [-0.39, 0.29) is 36.1 Å². The fourth-order valence-electron chi connectivity index (χ4n) is 6.30. The number of rotatable bonds is 13. The van der Waals surface area contributed by atoms with Crippen LogP contribution in [-0.4, -0.2) is 35.8 Å². The second-order valence-electron chi connectivity index (χ2n) is 12.7. The third-order valence-electron chi connectivity index (χ3n) is 9.66. The molecule has 6 nitrogen and oxygen atoms in total. The predicted molar refractivity (Wildman–Crippen MR) is 148 cm³/mol. The number of phenolic OH excluding ortho intramolecular Hbond substituents is 1. The number of amides is 1. The number of anilines is 1. The number of aryl methyl sites for hydroxylation is 1. The van der Waals surface area contributed by atoms with E-state index in [1.54, 1.807) is 18.2 Å². The SMILES string of the molecule is CCCCC1(OCOCC(=O)Nc2cc(C)ccc2O)OC12CCC(C(C)(C)CC)CC2C(C)(C)CC. The molecule has 1 saturated carbocycles. The van der Waals surface area contributed by atoms with Crippen molar-refractivity contribution >= 4 is 11.6 Å². The summed E-state index contributed by atoms with van der Waals surface area (Å²) in [6.07, 6.45) is 8.52. The summed E-state index contributed by atoms with van der Waals surface area (Å²) in [6.45, 7) is 18.1. The highest BCUT2D eigenvalue weighted by atomic mass is 16.8. The highest BCUT2D eigenvalue weighted by molar-refractivity contribution is 5.93. The highest BCUT2D eigenvalue weighted by Crippen LogP contribution is 2.68. The first-order valence-electron chi connectivity index (χ1n) is 14.4. The van der Waals surface area contributed by atoms with Crippen LogP contribution in [0.1, 0.15) is 105 Å². The van der Waals surface area contributed by atoms with Gasteiger partial charge in [-0.05, 0) is 73.0 Å². The highest BCUT2D eigenvalue weighted by Gasteiger charge is 2.76. The molecule has 2 N–H and O–H groups in total. The van der Waals surface area contributed by atoms with Crippen LogP contribution in [0.5, 0.6) is 5.75 Å². The summed E-state index contributed by atoms with van der Waals surface area (Å²) >= 11 is 0. The van der Waals surface area contributed by atoms with Crippen molar-refractivity contribution < 1.29 is 24.1 Å². The molecule has 0 aromatic heterocycles. The molecule has 1 aromatic carbocycles. The summed E-state index contributed by atoms with van der Waals surface area (Å²) in [5, 5.41) is 12.7. The first kappa shape index (κ1) is 29.9. The van der Waals surface area contributed by atoms with Crippen LogP contribution >= 0.6 is 0 Å². The van der Waals surface area contributed by atoms with E-state index >= 15 is 0 Å². The zero-order chi connectivity index (χ0) is 27.5. The molecule has 4 unspecified atom stereocenters. The lowest BCUT2D eigenvalue weighted by atomic mass is 9.56. The van der Waals surface area contributed by atoms with Gasteiger partial charge in [0.15, 0.2) is 6.79 Å². The second kappa shape index (κ2) is 11.6. The van der Waals surface area contributed by atoms with E-state index in [2.05, 4.69) is 53.8 Å². The summed E-state index contributed by atoms with van der Waals surface area (Å²) in [4.78, 5) is 12.4. The number of unbranched alkanes of at least 4 members (excludes halogenated alkanes) is 1. The van der Waals surface area contributed by atoms with Gasteiger partial charge in [-0.1, -0.05) is 73.8 Å². The summed E-state index contributed by atoms with van der Waals surface area (Å²) in [5.41, 5.74) is 1.49. The minimum atomic E-state index is -0.646. The molecular formula is C31H51NO5. The molecule has 1 amide bonds. The summed E-state index contributed by atoms with van der Waals surface area (Å²) in [5.74, 6) is 0.135. The predicted octanol–water partition coefficient (Wildman–Crippen LogP) is 7.57. The Kier molecular flexibility index (Phi) is 9.40. The maximum absolute atomic E-state index is 12.4. The fourth-order valence-corrected chi connectivity index (χ4v) is 6.30. The maximum atomic E-state index is 12.4. The quantitative estimate of drug-likeness (QED) is 0.122. The molecule has 3 rings (SSSR count). The number of carbonyl (C=O) groups excluding carboxylic acids is 1. The first-order valence-corrected chi connectivity index (χ1v) is 14.4. The molecule has 1 saturated heterocycles. The van der Waals surface area contributed by atoms with Crippen LogP contribution in [0.3, 0.4) is 0 Å². The Balaban J connectivity index is 1.68. The van der Waals surface area contributed by atoms with Crippen LogP contribution < -0.4 is 5.32 Å². The van der Waals surface area contributed by atoms with Gasteiger partial charge in [0.25, 0.3) is 5.91 Å². The molecule has 2 fully saturated rings. The third kappa shape index (κ3) is 6.34. The van der Waals surface area contributed by atoms with E-state index in [0.29, 0.717) is 22.9 Å². The van der Waals surface area contributed by atoms with Gasteiger partial charge in [-0.3, -0.25) is 4.79 Å². The number of hydrogen-bond acceptors (Lipinski definition) is 5. The Hall–Kier alpha value is -1.63. The Morgan fingerprint density at radius 3 is 2.51 bits per heavy atom. The number of aromatic hydroxyl groups is 1. The topological polar surface area (TPSA) is 80.3 Å². The van der Waals surface area contributed by atoms with Gasteiger partial charge < -0.3 is 24.6 Å². The van der Waals surface area contributed by atoms with Gasteiger partial charge in [0.1, 0.15) is 18.0 Å². The number of benzene rings is 1. The average Bonchev–Trinajstić information content (AvgIpc) is 3.48. The van der Waals surface area contributed by atoms with E-state index in [0.717, 1.165) is 50.5 Å². The van der Waals surface area contributed by atoms with Gasteiger partial charge in [0.2, 0.25) is 5.79 Å². The zero-order valence-corrected chi connectivity index (χ0v) is 24.5. The van der Waals surface area contributed by atoms with E-state index < -0.39 is 5.79 Å². The van der Waals surface area contributed by atoms with Crippen LogP contribution in [0.25, 0.3) is 0 Å². The van der Waals surface area contributed by atoms with Crippen molar-refractivity contribution in [3.63, 3.8) is 0 Å². The minimum Gasteiger partial charge on any atom is -0.506 e. The first-order chi connectivity index (χ1) is 17.4. The van der Waals surface area contributed by atoms with Crippen LogP contribution in [0.2, 0.25) is 0 Å². The zero-order valence-electron chi connectivity index (χ0n) is 24.5. The Morgan fingerprint density at radius 1 is 1.16 bits per heavy atom. The molecule has 0 bridgehead atoms. The van der Waals surface area contributed by atoms with Crippen LogP contribution in [0, 0.1) is 29.6 Å². The number of phenols is 1. The number of hydrogen-bond donors (Lipinski definition) is 2. The van der Waals surface area contributed by atoms with Gasteiger partial charge in [-0.15, -0.1) is 0 Å².